The molecule has 376 valence electrons. The number of nitrogens with zero attached hydrogens (tertiary/aromatic N) is 2. The van der Waals surface area contributed by atoms with Gasteiger partial charge in [-0.15, -0.1) is 0 Å². The summed E-state index contributed by atoms with van der Waals surface area (Å²) in [6, 6.07) is 109. The predicted octanol–water partition coefficient (Wildman–Crippen LogP) is 19.6. The molecule has 2 nitrogen and oxygen atoms in total. The third-order valence-corrected chi connectivity index (χ3v) is 17.8. The molecule has 80 heavy (non-hydrogen) atoms. The van der Waals surface area contributed by atoms with E-state index in [1.807, 2.05) is 0 Å². The van der Waals surface area contributed by atoms with E-state index in [0.29, 0.717) is 0 Å². The number of rotatable bonds is 9. The predicted molar refractivity (Wildman–Crippen MR) is 333 cm³/mol. The van der Waals surface area contributed by atoms with Crippen LogP contribution in [0.5, 0.6) is 0 Å². The fourth-order valence-corrected chi connectivity index (χ4v) is 14.4. The summed E-state index contributed by atoms with van der Waals surface area (Å²) in [5, 5.41) is 4.95. The van der Waals surface area contributed by atoms with Crippen molar-refractivity contribution in [2.75, 3.05) is 4.90 Å². The van der Waals surface area contributed by atoms with Crippen LogP contribution in [0.25, 0.3) is 66.1 Å². The lowest BCUT2D eigenvalue weighted by atomic mass is 9.67. The Balaban J connectivity index is 0.950. The van der Waals surface area contributed by atoms with E-state index in [-0.39, 0.29) is 0 Å². The van der Waals surface area contributed by atoms with Crippen molar-refractivity contribution in [2.45, 2.75) is 23.7 Å². The Hall–Kier alpha value is -10.0. The normalized spacial score (nSPS) is 14.5. The highest BCUT2D eigenvalue weighted by molar-refractivity contribution is 6.11. The number of aromatic nitrogens is 1. The molecule has 13 aromatic rings. The van der Waals surface area contributed by atoms with Crippen LogP contribution in [0.4, 0.5) is 11.4 Å². The third-order valence-electron chi connectivity index (χ3n) is 17.8. The highest BCUT2D eigenvalue weighted by Gasteiger charge is 2.48. The van der Waals surface area contributed by atoms with Crippen molar-refractivity contribution in [1.29, 1.82) is 0 Å². The first-order valence-electron chi connectivity index (χ1n) is 28.1. The lowest BCUT2D eigenvalue weighted by molar-refractivity contribution is 0.768. The zero-order valence-electron chi connectivity index (χ0n) is 44.2. The van der Waals surface area contributed by atoms with Crippen molar-refractivity contribution < 1.29 is 0 Å². The molecule has 0 spiro atoms. The molecule has 0 bridgehead atoms. The summed E-state index contributed by atoms with van der Waals surface area (Å²) in [6.45, 7) is 0. The van der Waals surface area contributed by atoms with Gasteiger partial charge in [0.05, 0.1) is 21.9 Å². The van der Waals surface area contributed by atoms with Crippen LogP contribution in [0.1, 0.15) is 62.9 Å². The molecule has 0 radical (unpaired) electrons. The molecule has 0 aliphatic heterocycles. The summed E-state index contributed by atoms with van der Waals surface area (Å²) in [5.74, 6) is 0. The van der Waals surface area contributed by atoms with Crippen molar-refractivity contribution >= 4 is 49.5 Å². The van der Waals surface area contributed by atoms with Gasteiger partial charge in [-0.1, -0.05) is 237 Å². The van der Waals surface area contributed by atoms with Gasteiger partial charge in [-0.05, 0) is 168 Å². The number of fused-ring (bicyclic) bond motifs is 10. The minimum atomic E-state index is -0.546. The number of anilines is 2. The molecule has 0 saturated carbocycles. The van der Waals surface area contributed by atoms with Gasteiger partial charge < -0.3 is 9.47 Å². The summed E-state index contributed by atoms with van der Waals surface area (Å²) in [6.07, 6.45) is 6.55. The number of hydrogen-bond donors (Lipinski definition) is 0. The summed E-state index contributed by atoms with van der Waals surface area (Å²) in [5.41, 5.74) is 23.9. The van der Waals surface area contributed by atoms with Crippen molar-refractivity contribution in [3.63, 3.8) is 0 Å². The lowest BCUT2D eigenvalue weighted by Gasteiger charge is -2.35. The fraction of sp³-hybridized carbons (Fsp3) is 0.0513. The maximum Gasteiger partial charge on any atom is 0.0714 e. The second-order valence-electron chi connectivity index (χ2n) is 21.8. The zero-order chi connectivity index (χ0) is 52.8. The quantitative estimate of drug-likeness (QED) is 0.140. The fourth-order valence-electron chi connectivity index (χ4n) is 14.4. The maximum absolute atomic E-state index is 2.57. The highest BCUT2D eigenvalue weighted by Crippen LogP contribution is 2.59. The van der Waals surface area contributed by atoms with Crippen LogP contribution in [0.2, 0.25) is 0 Å². The Morgan fingerprint density at radius 3 is 1.38 bits per heavy atom. The van der Waals surface area contributed by atoms with Gasteiger partial charge in [0.1, 0.15) is 0 Å². The zero-order valence-corrected chi connectivity index (χ0v) is 44.2. The second kappa shape index (κ2) is 18.3. The summed E-state index contributed by atoms with van der Waals surface area (Å²) in [7, 11) is 0. The lowest BCUT2D eigenvalue weighted by Crippen LogP contribution is -2.29. The molecule has 0 amide bonds. The minimum absolute atomic E-state index is 0.540. The van der Waals surface area contributed by atoms with Crippen LogP contribution in [0.3, 0.4) is 0 Å². The largest absolute Gasteiger partial charge is 0.314 e. The Morgan fingerprint density at radius 2 is 0.787 bits per heavy atom. The molecule has 0 fully saturated rings. The van der Waals surface area contributed by atoms with Gasteiger partial charge in [0.25, 0.3) is 0 Å². The number of para-hydroxylation sites is 1. The van der Waals surface area contributed by atoms with Gasteiger partial charge in [0, 0.05) is 33.5 Å². The van der Waals surface area contributed by atoms with E-state index in [0.717, 1.165) is 29.9 Å². The van der Waals surface area contributed by atoms with E-state index in [9.17, 15) is 0 Å². The van der Waals surface area contributed by atoms with Crippen LogP contribution in [-0.2, 0) is 10.8 Å². The van der Waals surface area contributed by atoms with Crippen LogP contribution in [-0.4, -0.2) is 4.57 Å². The first-order chi connectivity index (χ1) is 39.7. The standard InChI is InChI=1S/C78H54N2/c1-5-23-57(24-6-1)77(58-25-7-2-8-26-58)71-34-18-17-33-67(71)68-46-44-64(52-74(68)77)79(62-42-39-54(40-43-62)56-38-37-53-21-13-14-22-55(53)49-56)63-45-48-76-70(51-63)69-50-60(41-47-75(69)80(76)61-29-11-4-12-30-61)78(59-27-9-3-10-28-59)72-35-19-15-31-65(72)66-32-16-20-36-73(66)78/h1-39,41-42,44-52H,40,43H2. The van der Waals surface area contributed by atoms with Crippen LogP contribution in [0.15, 0.2) is 309 Å². The molecule has 3 aliphatic rings. The smallest absolute Gasteiger partial charge is 0.0714 e. The molecule has 3 aliphatic carbocycles. The monoisotopic (exact) mass is 1020 g/mol. The van der Waals surface area contributed by atoms with Gasteiger partial charge >= 0.3 is 0 Å². The van der Waals surface area contributed by atoms with E-state index < -0.39 is 10.8 Å². The van der Waals surface area contributed by atoms with Gasteiger partial charge in [0.2, 0.25) is 0 Å². The molecule has 1 heterocycles. The average Bonchev–Trinajstić information content (AvgIpc) is 3.70. The Labute approximate surface area is 467 Å². The van der Waals surface area contributed by atoms with Crippen LogP contribution >= 0.6 is 0 Å². The molecule has 12 aromatic carbocycles. The molecule has 0 saturated heterocycles. The van der Waals surface area contributed by atoms with E-state index in [2.05, 4.69) is 313 Å². The topological polar surface area (TPSA) is 8.17 Å². The molecule has 0 atom stereocenters. The van der Waals surface area contributed by atoms with Gasteiger partial charge in [-0.2, -0.15) is 0 Å². The van der Waals surface area contributed by atoms with Crippen molar-refractivity contribution in [2.24, 2.45) is 0 Å². The van der Waals surface area contributed by atoms with E-state index in [4.69, 9.17) is 0 Å². The SMILES string of the molecule is C1=C(c2ccc3ccccc3c2)CCC(N(c2ccc3c(c2)C(c2ccccc2)(c2ccccc2)c2ccccc2-3)c2ccc3c(c2)c2cc(C4(c5ccccc5)c5ccccc5-c5ccccc54)ccc2n3-c2ccccc2)=C1. The third kappa shape index (κ3) is 6.79. The van der Waals surface area contributed by atoms with E-state index >= 15 is 0 Å². The number of allylic oxidation sites excluding steroid dienone is 4. The summed E-state index contributed by atoms with van der Waals surface area (Å²) < 4.78 is 2.47. The molecule has 0 N–H and O–H groups in total. The van der Waals surface area contributed by atoms with Gasteiger partial charge in [0.15, 0.2) is 0 Å². The number of benzene rings is 12. The Kier molecular flexibility index (Phi) is 10.5. The first-order valence-corrected chi connectivity index (χ1v) is 28.1. The summed E-state index contributed by atoms with van der Waals surface area (Å²) >= 11 is 0. The molecular weight excluding hydrogens is 965 g/mol. The van der Waals surface area contributed by atoms with Crippen molar-refractivity contribution in [3.8, 4) is 27.9 Å². The minimum Gasteiger partial charge on any atom is -0.314 e. The average molecular weight is 1020 g/mol. The number of hydrogen-bond acceptors (Lipinski definition) is 1. The van der Waals surface area contributed by atoms with Crippen LogP contribution < -0.4 is 4.90 Å². The van der Waals surface area contributed by atoms with E-state index in [1.54, 1.807) is 0 Å². The molecule has 2 heteroatoms. The van der Waals surface area contributed by atoms with Crippen molar-refractivity contribution in [3.05, 3.63) is 359 Å². The Bertz CT molecular complexity index is 4550. The molecule has 0 unspecified atom stereocenters. The van der Waals surface area contributed by atoms with Crippen molar-refractivity contribution in [1.82, 2.24) is 4.57 Å². The van der Waals surface area contributed by atoms with E-state index in [1.165, 1.54) is 116 Å². The second-order valence-corrected chi connectivity index (χ2v) is 21.8. The maximum atomic E-state index is 2.57. The molecule has 16 rings (SSSR count). The Morgan fingerprint density at radius 1 is 0.312 bits per heavy atom. The van der Waals surface area contributed by atoms with Gasteiger partial charge in [-0.25, -0.2) is 0 Å². The van der Waals surface area contributed by atoms with Crippen LogP contribution in [0, 0.1) is 0 Å². The molecule has 1 aromatic heterocycles. The molecular formula is C78H54N2. The van der Waals surface area contributed by atoms with Gasteiger partial charge in [-0.3, -0.25) is 0 Å². The first kappa shape index (κ1) is 46.1. The highest BCUT2D eigenvalue weighted by atomic mass is 15.2. The summed E-state index contributed by atoms with van der Waals surface area (Å²) in [4.78, 5) is 2.57.